The molecule has 1 amide bonds. The molecule has 2 N–H and O–H groups in total. The van der Waals surface area contributed by atoms with Crippen molar-refractivity contribution in [2.24, 2.45) is 5.41 Å². The Morgan fingerprint density at radius 1 is 1.62 bits per heavy atom. The zero-order valence-corrected chi connectivity index (χ0v) is 9.33. The molecule has 0 saturated carbocycles. The molecule has 1 aromatic heterocycles. The van der Waals surface area contributed by atoms with E-state index in [1.54, 1.807) is 0 Å². The number of pyridine rings is 1. The number of hydrogen-bond acceptors (Lipinski definition) is 3. The number of carbonyl (C=O) groups is 1. The van der Waals surface area contributed by atoms with Gasteiger partial charge in [0.2, 0.25) is 5.95 Å². The van der Waals surface area contributed by atoms with Crippen LogP contribution in [0.25, 0.3) is 0 Å². The predicted octanol–water partition coefficient (Wildman–Crippen LogP) is 0.969. The number of rotatable bonds is 4. The summed E-state index contributed by atoms with van der Waals surface area (Å²) in [5.41, 5.74) is -0.164. The fraction of sp³-hybridized carbons (Fsp3) is 0.455. The van der Waals surface area contributed by atoms with Gasteiger partial charge < -0.3 is 10.4 Å². The average Bonchev–Trinajstić information content (AvgIpc) is 2.26. The van der Waals surface area contributed by atoms with Crippen molar-refractivity contribution in [3.05, 3.63) is 29.8 Å². The zero-order chi connectivity index (χ0) is 12.2. The predicted molar refractivity (Wildman–Crippen MR) is 57.4 cm³/mol. The summed E-state index contributed by atoms with van der Waals surface area (Å²) >= 11 is 0. The fourth-order valence-electron chi connectivity index (χ4n) is 1.02. The average molecular weight is 226 g/mol. The second kappa shape index (κ2) is 5.03. The molecule has 0 atom stereocenters. The van der Waals surface area contributed by atoms with E-state index in [9.17, 15) is 9.18 Å². The number of carbonyl (C=O) groups excluding carboxylic acids is 1. The number of aliphatic hydroxyl groups is 1. The van der Waals surface area contributed by atoms with Gasteiger partial charge in [-0.1, -0.05) is 13.8 Å². The smallest absolute Gasteiger partial charge is 0.251 e. The molecule has 1 heterocycles. The van der Waals surface area contributed by atoms with Crippen LogP contribution in [0.2, 0.25) is 0 Å². The van der Waals surface area contributed by atoms with Crippen LogP contribution in [0.3, 0.4) is 0 Å². The highest BCUT2D eigenvalue weighted by molar-refractivity contribution is 5.94. The summed E-state index contributed by atoms with van der Waals surface area (Å²) in [6.07, 6.45) is 1.24. The molecule has 5 heteroatoms. The maximum Gasteiger partial charge on any atom is 0.251 e. The van der Waals surface area contributed by atoms with Gasteiger partial charge in [0, 0.05) is 36.4 Å². The number of hydrogen-bond donors (Lipinski definition) is 2. The van der Waals surface area contributed by atoms with E-state index in [0.29, 0.717) is 6.54 Å². The van der Waals surface area contributed by atoms with Crippen molar-refractivity contribution >= 4 is 5.91 Å². The van der Waals surface area contributed by atoms with Gasteiger partial charge in [-0.05, 0) is 6.07 Å². The minimum Gasteiger partial charge on any atom is -0.396 e. The molecular formula is C11H15FN2O2. The van der Waals surface area contributed by atoms with Crippen LogP contribution < -0.4 is 5.32 Å². The number of nitrogens with zero attached hydrogens (tertiary/aromatic N) is 1. The van der Waals surface area contributed by atoms with Gasteiger partial charge in [-0.15, -0.1) is 0 Å². The number of nitrogens with one attached hydrogen (secondary N) is 1. The molecule has 0 aliphatic rings. The maximum absolute atomic E-state index is 12.7. The lowest BCUT2D eigenvalue weighted by atomic mass is 9.95. The van der Waals surface area contributed by atoms with Crippen LogP contribution in [-0.4, -0.2) is 29.1 Å². The molecule has 1 rings (SSSR count). The first kappa shape index (κ1) is 12.6. The Balaban J connectivity index is 2.60. The van der Waals surface area contributed by atoms with Crippen LogP contribution in [0.4, 0.5) is 4.39 Å². The van der Waals surface area contributed by atoms with Crippen molar-refractivity contribution in [2.75, 3.05) is 13.2 Å². The molecule has 0 fully saturated rings. The summed E-state index contributed by atoms with van der Waals surface area (Å²) in [6.45, 7) is 3.94. The van der Waals surface area contributed by atoms with Gasteiger partial charge in [-0.2, -0.15) is 4.39 Å². The molecule has 4 nitrogen and oxygen atoms in total. The summed E-state index contributed by atoms with van der Waals surface area (Å²) in [6, 6.07) is 2.51. The molecule has 0 spiro atoms. The number of amides is 1. The SMILES string of the molecule is CC(C)(CO)CNC(=O)c1ccnc(F)c1. The summed E-state index contributed by atoms with van der Waals surface area (Å²) < 4.78 is 12.7. The molecule has 1 aromatic rings. The van der Waals surface area contributed by atoms with Gasteiger partial charge in [0.15, 0.2) is 0 Å². The Morgan fingerprint density at radius 3 is 2.88 bits per heavy atom. The standard InChI is InChI=1S/C11H15FN2O2/c1-11(2,7-15)6-14-10(16)8-3-4-13-9(12)5-8/h3-5,15H,6-7H2,1-2H3,(H,14,16). The lowest BCUT2D eigenvalue weighted by Gasteiger charge is -2.21. The number of halogens is 1. The quantitative estimate of drug-likeness (QED) is 0.752. The van der Waals surface area contributed by atoms with E-state index in [1.807, 2.05) is 13.8 Å². The first-order chi connectivity index (χ1) is 7.44. The third kappa shape index (κ3) is 3.58. The lowest BCUT2D eigenvalue weighted by molar-refractivity contribution is 0.0910. The topological polar surface area (TPSA) is 62.2 Å². The minimum absolute atomic E-state index is 0.0298. The van der Waals surface area contributed by atoms with E-state index < -0.39 is 5.95 Å². The molecule has 0 unspecified atom stereocenters. The van der Waals surface area contributed by atoms with E-state index in [-0.39, 0.29) is 23.5 Å². The Labute approximate surface area is 93.5 Å². The van der Waals surface area contributed by atoms with Gasteiger partial charge in [-0.3, -0.25) is 4.79 Å². The summed E-state index contributed by atoms with van der Waals surface area (Å²) in [4.78, 5) is 14.9. The van der Waals surface area contributed by atoms with E-state index in [0.717, 1.165) is 6.07 Å². The molecule has 0 aromatic carbocycles. The van der Waals surface area contributed by atoms with Crippen LogP contribution >= 0.6 is 0 Å². The van der Waals surface area contributed by atoms with Gasteiger partial charge in [-0.25, -0.2) is 4.98 Å². The molecule has 0 aliphatic carbocycles. The van der Waals surface area contributed by atoms with Gasteiger partial charge in [0.05, 0.1) is 0 Å². The molecular weight excluding hydrogens is 211 g/mol. The molecule has 16 heavy (non-hydrogen) atoms. The molecule has 0 aliphatic heterocycles. The van der Waals surface area contributed by atoms with Gasteiger partial charge in [0.25, 0.3) is 5.91 Å². The highest BCUT2D eigenvalue weighted by Gasteiger charge is 2.18. The summed E-state index contributed by atoms with van der Waals surface area (Å²) in [5.74, 6) is -1.06. The van der Waals surface area contributed by atoms with Crippen molar-refractivity contribution in [3.63, 3.8) is 0 Å². The second-order valence-electron chi connectivity index (χ2n) is 4.37. The van der Waals surface area contributed by atoms with Gasteiger partial charge >= 0.3 is 0 Å². The Hall–Kier alpha value is -1.49. The largest absolute Gasteiger partial charge is 0.396 e. The van der Waals surface area contributed by atoms with E-state index in [1.165, 1.54) is 12.3 Å². The Morgan fingerprint density at radius 2 is 2.31 bits per heavy atom. The maximum atomic E-state index is 12.7. The first-order valence-electron chi connectivity index (χ1n) is 4.95. The van der Waals surface area contributed by atoms with Crippen LogP contribution in [0.15, 0.2) is 18.3 Å². The Bertz CT molecular complexity index is 380. The normalized spacial score (nSPS) is 11.2. The van der Waals surface area contributed by atoms with Crippen LogP contribution in [0, 0.1) is 11.4 Å². The third-order valence-corrected chi connectivity index (χ3v) is 2.14. The number of aromatic nitrogens is 1. The first-order valence-corrected chi connectivity index (χ1v) is 4.95. The van der Waals surface area contributed by atoms with Crippen molar-refractivity contribution < 1.29 is 14.3 Å². The monoisotopic (exact) mass is 226 g/mol. The van der Waals surface area contributed by atoms with Crippen LogP contribution in [-0.2, 0) is 0 Å². The molecule has 88 valence electrons. The summed E-state index contributed by atoms with van der Waals surface area (Å²) in [7, 11) is 0. The van der Waals surface area contributed by atoms with Gasteiger partial charge in [0.1, 0.15) is 0 Å². The van der Waals surface area contributed by atoms with Crippen molar-refractivity contribution in [3.8, 4) is 0 Å². The number of aliphatic hydroxyl groups excluding tert-OH is 1. The van der Waals surface area contributed by atoms with E-state index in [4.69, 9.17) is 5.11 Å². The van der Waals surface area contributed by atoms with Crippen molar-refractivity contribution in [1.29, 1.82) is 0 Å². The third-order valence-electron chi connectivity index (χ3n) is 2.14. The van der Waals surface area contributed by atoms with E-state index >= 15 is 0 Å². The highest BCUT2D eigenvalue weighted by atomic mass is 19.1. The highest BCUT2D eigenvalue weighted by Crippen LogP contribution is 2.11. The fourth-order valence-corrected chi connectivity index (χ4v) is 1.02. The lowest BCUT2D eigenvalue weighted by Crippen LogP contribution is -2.36. The Kier molecular flexibility index (Phi) is 3.95. The molecule has 0 bridgehead atoms. The van der Waals surface area contributed by atoms with Crippen molar-refractivity contribution in [1.82, 2.24) is 10.3 Å². The molecule has 0 saturated heterocycles. The second-order valence-corrected chi connectivity index (χ2v) is 4.37. The minimum atomic E-state index is -0.686. The summed E-state index contributed by atoms with van der Waals surface area (Å²) in [5, 5.41) is 11.6. The van der Waals surface area contributed by atoms with Crippen molar-refractivity contribution in [2.45, 2.75) is 13.8 Å². The zero-order valence-electron chi connectivity index (χ0n) is 9.33. The van der Waals surface area contributed by atoms with E-state index in [2.05, 4.69) is 10.3 Å². The van der Waals surface area contributed by atoms with Crippen LogP contribution in [0.1, 0.15) is 24.2 Å². The molecule has 0 radical (unpaired) electrons. The van der Waals surface area contributed by atoms with Crippen LogP contribution in [0.5, 0.6) is 0 Å².